The van der Waals surface area contributed by atoms with Crippen molar-refractivity contribution in [3.63, 3.8) is 0 Å². The Balaban J connectivity index is 1.47. The first-order chi connectivity index (χ1) is 14.4. The molecule has 0 aliphatic carbocycles. The average Bonchev–Trinajstić information content (AvgIpc) is 3.46. The summed E-state index contributed by atoms with van der Waals surface area (Å²) >= 11 is 0. The van der Waals surface area contributed by atoms with E-state index in [1.807, 2.05) is 34.1 Å². The Bertz CT molecular complexity index is 835. The fraction of sp³-hybridized carbons (Fsp3) is 0.609. The molecule has 3 heterocycles. The van der Waals surface area contributed by atoms with Crippen LogP contribution in [0.25, 0.3) is 0 Å². The summed E-state index contributed by atoms with van der Waals surface area (Å²) in [5, 5.41) is 0. The lowest BCUT2D eigenvalue weighted by atomic mass is 9.79. The molecule has 0 saturated carbocycles. The predicted molar refractivity (Wildman–Crippen MR) is 112 cm³/mol. The Morgan fingerprint density at radius 2 is 1.70 bits per heavy atom. The van der Waals surface area contributed by atoms with E-state index in [9.17, 15) is 14.4 Å². The Labute approximate surface area is 177 Å². The smallest absolute Gasteiger partial charge is 0.232 e. The highest BCUT2D eigenvalue weighted by Gasteiger charge is 2.59. The van der Waals surface area contributed by atoms with Gasteiger partial charge in [-0.2, -0.15) is 0 Å². The van der Waals surface area contributed by atoms with E-state index in [0.717, 1.165) is 37.2 Å². The number of hydrogen-bond acceptors (Lipinski definition) is 4. The van der Waals surface area contributed by atoms with Crippen LogP contribution in [-0.2, 0) is 20.8 Å². The average molecular weight is 414 g/mol. The van der Waals surface area contributed by atoms with Gasteiger partial charge in [0.15, 0.2) is 0 Å². The van der Waals surface area contributed by atoms with Gasteiger partial charge in [0.1, 0.15) is 5.75 Å². The molecular weight excluding hydrogens is 382 g/mol. The monoisotopic (exact) mass is 413 g/mol. The molecule has 0 radical (unpaired) electrons. The molecule has 0 aromatic heterocycles. The van der Waals surface area contributed by atoms with Crippen LogP contribution < -0.4 is 4.74 Å². The molecule has 1 aromatic rings. The number of carbonyl (C=O) groups excluding carboxylic acids is 3. The summed E-state index contributed by atoms with van der Waals surface area (Å²) in [6.45, 7) is 5.09. The molecule has 1 aromatic carbocycles. The third kappa shape index (κ3) is 3.66. The zero-order chi connectivity index (χ0) is 21.3. The number of fused-ring (bicyclic) bond motifs is 1. The normalized spacial score (nSPS) is 25.5. The maximum atomic E-state index is 13.5. The van der Waals surface area contributed by atoms with E-state index in [0.29, 0.717) is 39.0 Å². The molecule has 7 nitrogen and oxygen atoms in total. The summed E-state index contributed by atoms with van der Waals surface area (Å²) in [4.78, 5) is 44.1. The van der Waals surface area contributed by atoms with Gasteiger partial charge in [0, 0.05) is 58.5 Å². The molecule has 0 unspecified atom stereocenters. The summed E-state index contributed by atoms with van der Waals surface area (Å²) in [6, 6.07) is 7.75. The van der Waals surface area contributed by atoms with Crippen molar-refractivity contribution in [1.82, 2.24) is 14.7 Å². The van der Waals surface area contributed by atoms with Gasteiger partial charge in [0.05, 0.1) is 12.5 Å². The summed E-state index contributed by atoms with van der Waals surface area (Å²) in [5.41, 5.74) is 0.370. The number of ether oxygens (including phenoxy) is 1. The van der Waals surface area contributed by atoms with Crippen LogP contribution in [0, 0.1) is 11.3 Å². The van der Waals surface area contributed by atoms with Crippen LogP contribution in [0.1, 0.15) is 31.7 Å². The molecule has 4 rings (SSSR count). The maximum absolute atomic E-state index is 13.5. The van der Waals surface area contributed by atoms with E-state index in [4.69, 9.17) is 4.74 Å². The van der Waals surface area contributed by atoms with Gasteiger partial charge >= 0.3 is 0 Å². The lowest BCUT2D eigenvalue weighted by Gasteiger charge is -2.32. The number of aryl methyl sites for hydroxylation is 1. The number of amides is 3. The second-order valence-corrected chi connectivity index (χ2v) is 8.84. The van der Waals surface area contributed by atoms with Gasteiger partial charge in [-0.05, 0) is 30.9 Å². The molecule has 0 spiro atoms. The van der Waals surface area contributed by atoms with Crippen molar-refractivity contribution in [2.24, 2.45) is 11.3 Å². The first-order valence-electron chi connectivity index (χ1n) is 10.9. The lowest BCUT2D eigenvalue weighted by Crippen LogP contribution is -2.49. The Hall–Kier alpha value is -2.57. The fourth-order valence-electron chi connectivity index (χ4n) is 5.34. The Morgan fingerprint density at radius 3 is 2.40 bits per heavy atom. The zero-order valence-corrected chi connectivity index (χ0v) is 17.9. The van der Waals surface area contributed by atoms with E-state index in [1.54, 1.807) is 18.9 Å². The molecule has 3 amide bonds. The third-order valence-corrected chi connectivity index (χ3v) is 7.03. The van der Waals surface area contributed by atoms with Crippen LogP contribution in [0.3, 0.4) is 0 Å². The van der Waals surface area contributed by atoms with Crippen molar-refractivity contribution < 1.29 is 19.1 Å². The van der Waals surface area contributed by atoms with Crippen molar-refractivity contribution in [3.05, 3.63) is 29.8 Å². The van der Waals surface area contributed by atoms with Crippen molar-refractivity contribution in [2.45, 2.75) is 32.6 Å². The number of rotatable bonds is 5. The minimum atomic E-state index is -0.643. The van der Waals surface area contributed by atoms with Crippen LogP contribution in [0.5, 0.6) is 5.75 Å². The topological polar surface area (TPSA) is 70.2 Å². The van der Waals surface area contributed by atoms with Crippen molar-refractivity contribution in [1.29, 1.82) is 0 Å². The summed E-state index contributed by atoms with van der Waals surface area (Å²) in [7, 11) is 1.64. The van der Waals surface area contributed by atoms with E-state index in [2.05, 4.69) is 0 Å². The highest BCUT2D eigenvalue weighted by atomic mass is 16.5. The number of hydrogen-bond donors (Lipinski definition) is 0. The van der Waals surface area contributed by atoms with Crippen LogP contribution >= 0.6 is 0 Å². The van der Waals surface area contributed by atoms with Crippen molar-refractivity contribution in [3.8, 4) is 5.75 Å². The first kappa shape index (κ1) is 20.7. The highest BCUT2D eigenvalue weighted by Crippen LogP contribution is 2.44. The highest BCUT2D eigenvalue weighted by molar-refractivity contribution is 5.88. The Morgan fingerprint density at radius 1 is 1.03 bits per heavy atom. The number of benzene rings is 1. The van der Waals surface area contributed by atoms with Crippen LogP contribution in [0.4, 0.5) is 0 Å². The quantitative estimate of drug-likeness (QED) is 0.735. The van der Waals surface area contributed by atoms with Crippen LogP contribution in [0.2, 0.25) is 0 Å². The van der Waals surface area contributed by atoms with Gasteiger partial charge in [-0.1, -0.05) is 18.2 Å². The maximum Gasteiger partial charge on any atom is 0.232 e. The number of methoxy groups -OCH3 is 1. The van der Waals surface area contributed by atoms with Gasteiger partial charge in [-0.15, -0.1) is 0 Å². The van der Waals surface area contributed by atoms with Gasteiger partial charge in [-0.25, -0.2) is 0 Å². The molecule has 30 heavy (non-hydrogen) atoms. The molecule has 3 aliphatic rings. The second kappa shape index (κ2) is 8.28. The van der Waals surface area contributed by atoms with Gasteiger partial charge in [0.2, 0.25) is 17.7 Å². The molecule has 3 fully saturated rings. The molecular formula is C23H31N3O4. The molecule has 0 N–H and O–H groups in total. The molecule has 2 atom stereocenters. The molecule has 0 bridgehead atoms. The van der Waals surface area contributed by atoms with Crippen molar-refractivity contribution >= 4 is 17.7 Å². The molecule has 7 heteroatoms. The van der Waals surface area contributed by atoms with E-state index in [1.165, 1.54) is 0 Å². The summed E-state index contributed by atoms with van der Waals surface area (Å²) < 4.78 is 5.39. The minimum Gasteiger partial charge on any atom is -0.496 e. The lowest BCUT2D eigenvalue weighted by molar-refractivity contribution is -0.142. The standard InChI is InChI=1S/C23H31N3O4/c1-17(27)25-13-19-14-26(16-23(19,15-25)22(29)24-11-5-6-12-24)21(28)10-9-18-7-3-4-8-20(18)30-2/h3-4,7-8,19H,5-6,9-16H2,1-2H3/t19-,23-/m0/s1. The summed E-state index contributed by atoms with van der Waals surface area (Å²) in [5.74, 6) is 1.02. The van der Waals surface area contributed by atoms with E-state index >= 15 is 0 Å². The zero-order valence-electron chi connectivity index (χ0n) is 17.9. The van der Waals surface area contributed by atoms with Crippen LogP contribution in [-0.4, -0.2) is 78.8 Å². The van der Waals surface area contributed by atoms with Crippen molar-refractivity contribution in [2.75, 3.05) is 46.4 Å². The van der Waals surface area contributed by atoms with E-state index in [-0.39, 0.29) is 23.6 Å². The number of likely N-dealkylation sites (tertiary alicyclic amines) is 3. The fourth-order valence-corrected chi connectivity index (χ4v) is 5.34. The number of para-hydroxylation sites is 1. The number of carbonyl (C=O) groups is 3. The van der Waals surface area contributed by atoms with Gasteiger partial charge in [0.25, 0.3) is 0 Å². The second-order valence-electron chi connectivity index (χ2n) is 8.84. The van der Waals surface area contributed by atoms with Gasteiger partial charge in [-0.3, -0.25) is 14.4 Å². The van der Waals surface area contributed by atoms with E-state index < -0.39 is 5.41 Å². The molecule has 3 aliphatic heterocycles. The predicted octanol–water partition coefficient (Wildman–Crippen LogP) is 1.56. The SMILES string of the molecule is COc1ccccc1CCC(=O)N1C[C@@H]2CN(C(C)=O)C[C@]2(C(=O)N2CCCC2)C1. The summed E-state index contributed by atoms with van der Waals surface area (Å²) in [6.07, 6.45) is 3.06. The van der Waals surface area contributed by atoms with Crippen LogP contribution in [0.15, 0.2) is 24.3 Å². The Kier molecular flexibility index (Phi) is 5.71. The largest absolute Gasteiger partial charge is 0.496 e. The minimum absolute atomic E-state index is 0.00652. The van der Waals surface area contributed by atoms with Gasteiger partial charge < -0.3 is 19.4 Å². The molecule has 162 valence electrons. The molecule has 3 saturated heterocycles. The number of nitrogens with zero attached hydrogens (tertiary/aromatic N) is 3. The third-order valence-electron chi connectivity index (χ3n) is 7.03. The first-order valence-corrected chi connectivity index (χ1v) is 10.9.